The van der Waals surface area contributed by atoms with E-state index in [1.807, 2.05) is 0 Å². The highest BCUT2D eigenvalue weighted by atomic mass is 35.5. The maximum atomic E-state index is 13.8. The van der Waals surface area contributed by atoms with Crippen LogP contribution in [0.15, 0.2) is 36.4 Å². The van der Waals surface area contributed by atoms with Crippen molar-refractivity contribution in [1.29, 1.82) is 0 Å². The van der Waals surface area contributed by atoms with Gasteiger partial charge in [-0.3, -0.25) is 0 Å². The zero-order chi connectivity index (χ0) is 14.7. The van der Waals surface area contributed by atoms with Crippen LogP contribution in [0.3, 0.4) is 0 Å². The molecular formula is C15H13Cl2FO2. The van der Waals surface area contributed by atoms with E-state index in [-0.39, 0.29) is 11.4 Å². The van der Waals surface area contributed by atoms with E-state index in [1.165, 1.54) is 13.2 Å². The summed E-state index contributed by atoms with van der Waals surface area (Å²) in [4.78, 5) is 0. The van der Waals surface area contributed by atoms with Crippen molar-refractivity contribution in [3.63, 3.8) is 0 Å². The van der Waals surface area contributed by atoms with E-state index in [0.29, 0.717) is 21.9 Å². The summed E-state index contributed by atoms with van der Waals surface area (Å²) in [6.45, 7) is 0. The Morgan fingerprint density at radius 1 is 1.25 bits per heavy atom. The molecule has 2 rings (SSSR count). The van der Waals surface area contributed by atoms with Crippen molar-refractivity contribution in [1.82, 2.24) is 0 Å². The van der Waals surface area contributed by atoms with Gasteiger partial charge in [0.25, 0.3) is 0 Å². The van der Waals surface area contributed by atoms with E-state index in [9.17, 15) is 9.50 Å². The molecule has 0 saturated carbocycles. The maximum Gasteiger partial charge on any atom is 0.145 e. The molecule has 0 heterocycles. The van der Waals surface area contributed by atoms with Crippen molar-refractivity contribution >= 4 is 23.2 Å². The van der Waals surface area contributed by atoms with Crippen LogP contribution in [0.25, 0.3) is 0 Å². The summed E-state index contributed by atoms with van der Waals surface area (Å²) in [6.07, 6.45) is -0.847. The van der Waals surface area contributed by atoms with Crippen LogP contribution in [0.5, 0.6) is 5.75 Å². The standard InChI is InChI=1S/C15H13Cl2FO2/c1-20-14-6-5-10(16)8-11(14)13(19)7-9-3-2-4-12(17)15(9)18/h2-6,8,13,19H,7H2,1H3. The Morgan fingerprint density at radius 2 is 2.00 bits per heavy atom. The molecule has 1 N–H and O–H groups in total. The molecule has 0 amide bonds. The van der Waals surface area contributed by atoms with E-state index in [1.54, 1.807) is 30.3 Å². The largest absolute Gasteiger partial charge is 0.496 e. The van der Waals surface area contributed by atoms with Gasteiger partial charge in [-0.1, -0.05) is 35.3 Å². The van der Waals surface area contributed by atoms with Crippen LogP contribution in [0.1, 0.15) is 17.2 Å². The quantitative estimate of drug-likeness (QED) is 0.905. The first-order chi connectivity index (χ1) is 9.52. The number of aliphatic hydroxyl groups is 1. The fourth-order valence-electron chi connectivity index (χ4n) is 1.99. The fraction of sp³-hybridized carbons (Fsp3) is 0.200. The van der Waals surface area contributed by atoms with E-state index in [2.05, 4.69) is 0 Å². The van der Waals surface area contributed by atoms with Crippen molar-refractivity contribution in [2.45, 2.75) is 12.5 Å². The molecule has 0 aliphatic heterocycles. The highest BCUT2D eigenvalue weighted by Gasteiger charge is 2.17. The van der Waals surface area contributed by atoms with Gasteiger partial charge < -0.3 is 9.84 Å². The van der Waals surface area contributed by atoms with Gasteiger partial charge in [0.15, 0.2) is 0 Å². The van der Waals surface area contributed by atoms with Crippen LogP contribution >= 0.6 is 23.2 Å². The Hall–Kier alpha value is -1.29. The fourth-order valence-corrected chi connectivity index (χ4v) is 2.36. The number of benzene rings is 2. The van der Waals surface area contributed by atoms with E-state index in [4.69, 9.17) is 27.9 Å². The van der Waals surface area contributed by atoms with Crippen LogP contribution in [0.2, 0.25) is 10.0 Å². The molecule has 0 aliphatic rings. The van der Waals surface area contributed by atoms with Crippen LogP contribution < -0.4 is 4.74 Å². The summed E-state index contributed by atoms with van der Waals surface area (Å²) in [5.41, 5.74) is 0.853. The van der Waals surface area contributed by atoms with E-state index >= 15 is 0 Å². The lowest BCUT2D eigenvalue weighted by Crippen LogP contribution is -2.06. The number of rotatable bonds is 4. The minimum Gasteiger partial charge on any atom is -0.496 e. The van der Waals surface area contributed by atoms with Crippen molar-refractivity contribution in [3.8, 4) is 5.75 Å². The van der Waals surface area contributed by atoms with Crippen LogP contribution in [0.4, 0.5) is 4.39 Å². The molecule has 0 spiro atoms. The third kappa shape index (κ3) is 3.23. The summed E-state index contributed by atoms with van der Waals surface area (Å²) in [5, 5.41) is 10.8. The lowest BCUT2D eigenvalue weighted by Gasteiger charge is -2.16. The molecule has 20 heavy (non-hydrogen) atoms. The Morgan fingerprint density at radius 3 is 2.70 bits per heavy atom. The molecule has 0 aromatic heterocycles. The molecule has 2 nitrogen and oxygen atoms in total. The molecule has 0 bridgehead atoms. The van der Waals surface area contributed by atoms with Gasteiger partial charge in [0.05, 0.1) is 18.2 Å². The summed E-state index contributed by atoms with van der Waals surface area (Å²) < 4.78 is 19.0. The number of ether oxygens (including phenoxy) is 1. The van der Waals surface area contributed by atoms with Gasteiger partial charge in [-0.2, -0.15) is 0 Å². The summed E-state index contributed by atoms with van der Waals surface area (Å²) in [5.74, 6) is -0.0152. The number of aliphatic hydroxyl groups excluding tert-OH is 1. The Labute approximate surface area is 126 Å². The first-order valence-electron chi connectivity index (χ1n) is 5.97. The van der Waals surface area contributed by atoms with Gasteiger partial charge in [-0.15, -0.1) is 0 Å². The minimum atomic E-state index is -0.934. The third-order valence-corrected chi connectivity index (χ3v) is 3.52. The first kappa shape index (κ1) is 15.1. The molecule has 2 aromatic carbocycles. The van der Waals surface area contributed by atoms with Gasteiger partial charge in [-0.25, -0.2) is 4.39 Å². The Kier molecular flexibility index (Phi) is 4.86. The lowest BCUT2D eigenvalue weighted by molar-refractivity contribution is 0.173. The molecule has 106 valence electrons. The highest BCUT2D eigenvalue weighted by molar-refractivity contribution is 6.31. The maximum absolute atomic E-state index is 13.8. The van der Waals surface area contributed by atoms with Crippen molar-refractivity contribution in [2.24, 2.45) is 0 Å². The third-order valence-electron chi connectivity index (χ3n) is 3.00. The number of halogens is 3. The first-order valence-corrected chi connectivity index (χ1v) is 6.73. The monoisotopic (exact) mass is 314 g/mol. The summed E-state index contributed by atoms with van der Waals surface area (Å²) >= 11 is 11.6. The van der Waals surface area contributed by atoms with Crippen molar-refractivity contribution in [2.75, 3.05) is 7.11 Å². The van der Waals surface area contributed by atoms with Gasteiger partial charge >= 0.3 is 0 Å². The average Bonchev–Trinajstić information content (AvgIpc) is 2.43. The molecule has 0 aliphatic carbocycles. The van der Waals surface area contributed by atoms with Gasteiger partial charge in [0.1, 0.15) is 11.6 Å². The highest BCUT2D eigenvalue weighted by Crippen LogP contribution is 2.31. The Balaban J connectivity index is 2.30. The second-order valence-electron chi connectivity index (χ2n) is 4.32. The predicted octanol–water partition coefficient (Wildman–Crippen LogP) is 4.42. The molecule has 0 radical (unpaired) electrons. The molecule has 1 unspecified atom stereocenters. The van der Waals surface area contributed by atoms with Gasteiger partial charge in [0.2, 0.25) is 0 Å². The Bertz CT molecular complexity index is 617. The van der Waals surface area contributed by atoms with Gasteiger partial charge in [-0.05, 0) is 29.8 Å². The number of hydrogen-bond donors (Lipinski definition) is 1. The number of methoxy groups -OCH3 is 1. The molecular weight excluding hydrogens is 302 g/mol. The van der Waals surface area contributed by atoms with Crippen LogP contribution in [-0.2, 0) is 6.42 Å². The van der Waals surface area contributed by atoms with Crippen LogP contribution in [0, 0.1) is 5.82 Å². The topological polar surface area (TPSA) is 29.5 Å². The molecule has 2 aromatic rings. The second-order valence-corrected chi connectivity index (χ2v) is 5.16. The number of hydrogen-bond acceptors (Lipinski definition) is 2. The predicted molar refractivity (Wildman–Crippen MR) is 78.1 cm³/mol. The normalized spacial score (nSPS) is 12.2. The van der Waals surface area contributed by atoms with E-state index in [0.717, 1.165) is 0 Å². The zero-order valence-corrected chi connectivity index (χ0v) is 12.2. The molecule has 0 fully saturated rings. The summed E-state index contributed by atoms with van der Waals surface area (Å²) in [7, 11) is 1.50. The molecule has 1 atom stereocenters. The average molecular weight is 315 g/mol. The SMILES string of the molecule is COc1ccc(Cl)cc1C(O)Cc1cccc(Cl)c1F. The zero-order valence-electron chi connectivity index (χ0n) is 10.7. The minimum absolute atomic E-state index is 0.0350. The van der Waals surface area contributed by atoms with E-state index < -0.39 is 11.9 Å². The van der Waals surface area contributed by atoms with Crippen LogP contribution in [-0.4, -0.2) is 12.2 Å². The second kappa shape index (κ2) is 6.44. The van der Waals surface area contributed by atoms with Crippen molar-refractivity contribution < 1.29 is 14.2 Å². The molecule has 5 heteroatoms. The molecule has 0 saturated heterocycles. The smallest absolute Gasteiger partial charge is 0.145 e. The summed E-state index contributed by atoms with van der Waals surface area (Å²) in [6, 6.07) is 9.62. The van der Waals surface area contributed by atoms with Gasteiger partial charge in [0, 0.05) is 17.0 Å². The lowest BCUT2D eigenvalue weighted by atomic mass is 10.0. The van der Waals surface area contributed by atoms with Crippen molar-refractivity contribution in [3.05, 3.63) is 63.4 Å².